The molecule has 2 aromatic rings. The van der Waals surface area contributed by atoms with Crippen molar-refractivity contribution in [3.05, 3.63) is 64.7 Å². The predicted octanol–water partition coefficient (Wildman–Crippen LogP) is 1.62. The molecule has 1 saturated heterocycles. The van der Waals surface area contributed by atoms with Gasteiger partial charge < -0.3 is 16.0 Å². The molecule has 3 rings (SSSR count). The molecule has 9 heteroatoms. The molecule has 1 aliphatic rings. The molecule has 0 aliphatic carbocycles. The van der Waals surface area contributed by atoms with Gasteiger partial charge in [0, 0.05) is 38.3 Å². The van der Waals surface area contributed by atoms with Gasteiger partial charge in [-0.2, -0.15) is 4.31 Å². The minimum atomic E-state index is -3.58. The summed E-state index contributed by atoms with van der Waals surface area (Å²) in [6.45, 7) is 5.28. The summed E-state index contributed by atoms with van der Waals surface area (Å²) >= 11 is 0. The minimum absolute atomic E-state index is 0.146. The van der Waals surface area contributed by atoms with E-state index in [1.54, 1.807) is 41.3 Å². The van der Waals surface area contributed by atoms with Crippen molar-refractivity contribution in [1.82, 2.24) is 14.5 Å². The number of primary amides is 1. The van der Waals surface area contributed by atoms with E-state index in [-0.39, 0.29) is 23.9 Å². The summed E-state index contributed by atoms with van der Waals surface area (Å²) in [5.74, 6) is -0.146. The van der Waals surface area contributed by atoms with Gasteiger partial charge in [-0.05, 0) is 54.8 Å². The molecule has 0 spiro atoms. The summed E-state index contributed by atoms with van der Waals surface area (Å²) in [5.41, 5.74) is 8.37. The van der Waals surface area contributed by atoms with Crippen molar-refractivity contribution in [3.8, 4) is 0 Å². The Morgan fingerprint density at radius 3 is 2.17 bits per heavy atom. The molecule has 8 nitrogen and oxygen atoms in total. The number of nitrogens with zero attached hydrogens (tertiary/aromatic N) is 2. The molecule has 160 valence electrons. The number of nitrogens with two attached hydrogens (primary N) is 1. The number of carbonyl (C=O) groups is 2. The number of aryl methyl sites for hydroxylation is 2. The van der Waals surface area contributed by atoms with Crippen LogP contribution in [0.2, 0.25) is 0 Å². The molecule has 0 saturated carbocycles. The Kier molecular flexibility index (Phi) is 6.42. The SMILES string of the molecule is Cc1ccc(S(=O)(=O)N2CCN(C(=O)c3ccc(CNC(N)=O)cc3)CC2)cc1C. The third-order valence-electron chi connectivity index (χ3n) is 5.31. The number of amides is 3. The van der Waals surface area contributed by atoms with Gasteiger partial charge in [-0.1, -0.05) is 18.2 Å². The summed E-state index contributed by atoms with van der Waals surface area (Å²) in [6, 6.07) is 11.4. The van der Waals surface area contributed by atoms with E-state index in [1.165, 1.54) is 4.31 Å². The van der Waals surface area contributed by atoms with Gasteiger partial charge in [-0.3, -0.25) is 4.79 Å². The third kappa shape index (κ3) is 4.80. The molecular formula is C21H26N4O4S. The van der Waals surface area contributed by atoms with E-state index < -0.39 is 16.1 Å². The van der Waals surface area contributed by atoms with E-state index >= 15 is 0 Å². The van der Waals surface area contributed by atoms with Gasteiger partial charge in [-0.25, -0.2) is 13.2 Å². The number of hydrogen-bond donors (Lipinski definition) is 2. The zero-order chi connectivity index (χ0) is 21.9. The molecule has 30 heavy (non-hydrogen) atoms. The number of urea groups is 1. The summed E-state index contributed by atoms with van der Waals surface area (Å²) < 4.78 is 27.3. The molecule has 3 amide bonds. The Morgan fingerprint density at radius 2 is 1.60 bits per heavy atom. The lowest BCUT2D eigenvalue weighted by atomic mass is 10.1. The molecule has 2 aromatic carbocycles. The van der Waals surface area contributed by atoms with E-state index in [9.17, 15) is 18.0 Å². The highest BCUT2D eigenvalue weighted by Crippen LogP contribution is 2.21. The summed E-state index contributed by atoms with van der Waals surface area (Å²) in [5, 5.41) is 2.49. The molecule has 0 atom stereocenters. The van der Waals surface area contributed by atoms with E-state index in [0.29, 0.717) is 25.2 Å². The first-order valence-corrected chi connectivity index (χ1v) is 11.1. The molecule has 0 unspecified atom stereocenters. The topological polar surface area (TPSA) is 113 Å². The Morgan fingerprint density at radius 1 is 0.967 bits per heavy atom. The van der Waals surface area contributed by atoms with Crippen LogP contribution in [0.25, 0.3) is 0 Å². The fourth-order valence-corrected chi connectivity index (χ4v) is 4.80. The molecular weight excluding hydrogens is 404 g/mol. The van der Waals surface area contributed by atoms with Crippen molar-refractivity contribution in [2.24, 2.45) is 5.73 Å². The predicted molar refractivity (Wildman–Crippen MR) is 113 cm³/mol. The molecule has 0 aromatic heterocycles. The number of nitrogens with one attached hydrogen (secondary N) is 1. The van der Waals surface area contributed by atoms with Crippen LogP contribution in [0.15, 0.2) is 47.4 Å². The number of sulfonamides is 1. The zero-order valence-electron chi connectivity index (χ0n) is 17.1. The lowest BCUT2D eigenvalue weighted by Crippen LogP contribution is -2.50. The van der Waals surface area contributed by atoms with Crippen molar-refractivity contribution in [3.63, 3.8) is 0 Å². The Hall–Kier alpha value is -2.91. The third-order valence-corrected chi connectivity index (χ3v) is 7.20. The van der Waals surface area contributed by atoms with Gasteiger partial charge in [0.2, 0.25) is 10.0 Å². The van der Waals surface area contributed by atoms with E-state index in [1.807, 2.05) is 19.9 Å². The van der Waals surface area contributed by atoms with Crippen molar-refractivity contribution in [2.45, 2.75) is 25.3 Å². The first-order valence-electron chi connectivity index (χ1n) is 9.67. The van der Waals surface area contributed by atoms with Gasteiger partial charge in [0.05, 0.1) is 4.90 Å². The first-order chi connectivity index (χ1) is 14.2. The van der Waals surface area contributed by atoms with Crippen LogP contribution in [0.4, 0.5) is 4.79 Å². The van der Waals surface area contributed by atoms with E-state index in [0.717, 1.165) is 16.7 Å². The van der Waals surface area contributed by atoms with Crippen molar-refractivity contribution >= 4 is 22.0 Å². The number of benzene rings is 2. The monoisotopic (exact) mass is 430 g/mol. The molecule has 0 bridgehead atoms. The van der Waals surface area contributed by atoms with Crippen molar-refractivity contribution < 1.29 is 18.0 Å². The van der Waals surface area contributed by atoms with Crippen LogP contribution >= 0.6 is 0 Å². The maximum atomic E-state index is 12.9. The molecule has 1 aliphatic heterocycles. The highest BCUT2D eigenvalue weighted by atomic mass is 32.2. The lowest BCUT2D eigenvalue weighted by molar-refractivity contribution is 0.0698. The highest BCUT2D eigenvalue weighted by Gasteiger charge is 2.30. The summed E-state index contributed by atoms with van der Waals surface area (Å²) in [4.78, 5) is 25.5. The zero-order valence-corrected chi connectivity index (χ0v) is 17.9. The minimum Gasteiger partial charge on any atom is -0.352 e. The second kappa shape index (κ2) is 8.85. The van der Waals surface area contributed by atoms with Gasteiger partial charge in [-0.15, -0.1) is 0 Å². The number of piperazine rings is 1. The van der Waals surface area contributed by atoms with Crippen LogP contribution in [-0.4, -0.2) is 55.7 Å². The summed E-state index contributed by atoms with van der Waals surface area (Å²) in [6.07, 6.45) is 0. The van der Waals surface area contributed by atoms with Crippen LogP contribution in [0, 0.1) is 13.8 Å². The van der Waals surface area contributed by atoms with Crippen LogP contribution in [0.3, 0.4) is 0 Å². The Bertz CT molecular complexity index is 1040. The van der Waals surface area contributed by atoms with E-state index in [4.69, 9.17) is 5.73 Å². The summed E-state index contributed by atoms with van der Waals surface area (Å²) in [7, 11) is -3.58. The van der Waals surface area contributed by atoms with Gasteiger partial charge in [0.15, 0.2) is 0 Å². The standard InChI is InChI=1S/C21H26N4O4S/c1-15-3-8-19(13-16(15)2)30(28,29)25-11-9-24(10-12-25)20(26)18-6-4-17(5-7-18)14-23-21(22)27/h3-8,13H,9-12,14H2,1-2H3,(H3,22,23,27). The molecule has 0 radical (unpaired) electrons. The van der Waals surface area contributed by atoms with Gasteiger partial charge in [0.1, 0.15) is 0 Å². The van der Waals surface area contributed by atoms with Crippen LogP contribution in [0.5, 0.6) is 0 Å². The van der Waals surface area contributed by atoms with Crippen molar-refractivity contribution in [2.75, 3.05) is 26.2 Å². The fraction of sp³-hybridized carbons (Fsp3) is 0.333. The van der Waals surface area contributed by atoms with Crippen LogP contribution in [-0.2, 0) is 16.6 Å². The second-order valence-corrected chi connectivity index (χ2v) is 9.30. The molecule has 1 heterocycles. The normalized spacial score (nSPS) is 15.1. The Labute approximate surface area is 176 Å². The number of hydrogen-bond acceptors (Lipinski definition) is 4. The average Bonchev–Trinajstić information content (AvgIpc) is 2.74. The van der Waals surface area contributed by atoms with Crippen LogP contribution in [0.1, 0.15) is 27.0 Å². The molecule has 1 fully saturated rings. The number of rotatable bonds is 5. The quantitative estimate of drug-likeness (QED) is 0.750. The van der Waals surface area contributed by atoms with E-state index in [2.05, 4.69) is 5.32 Å². The van der Waals surface area contributed by atoms with Gasteiger partial charge in [0.25, 0.3) is 5.91 Å². The maximum absolute atomic E-state index is 12.9. The molecule has 3 N–H and O–H groups in total. The second-order valence-electron chi connectivity index (χ2n) is 7.36. The highest BCUT2D eigenvalue weighted by molar-refractivity contribution is 7.89. The lowest BCUT2D eigenvalue weighted by Gasteiger charge is -2.34. The maximum Gasteiger partial charge on any atom is 0.312 e. The van der Waals surface area contributed by atoms with Crippen LogP contribution < -0.4 is 11.1 Å². The fourth-order valence-electron chi connectivity index (χ4n) is 3.29. The largest absolute Gasteiger partial charge is 0.352 e. The number of carbonyl (C=O) groups excluding carboxylic acids is 2. The van der Waals surface area contributed by atoms with Gasteiger partial charge >= 0.3 is 6.03 Å². The van der Waals surface area contributed by atoms with Crippen molar-refractivity contribution in [1.29, 1.82) is 0 Å². The first kappa shape index (κ1) is 21.8. The smallest absolute Gasteiger partial charge is 0.312 e. The average molecular weight is 431 g/mol. The Balaban J connectivity index is 1.62.